The molecule has 1 atom stereocenters. The van der Waals surface area contributed by atoms with Gasteiger partial charge in [0.15, 0.2) is 0 Å². The topological polar surface area (TPSA) is 122 Å². The number of nitrogens with one attached hydrogen (secondary N) is 1. The van der Waals surface area contributed by atoms with Gasteiger partial charge in [0.25, 0.3) is 0 Å². The Balaban J connectivity index is 2.21. The van der Waals surface area contributed by atoms with Crippen LogP contribution in [0.5, 0.6) is 0 Å². The highest BCUT2D eigenvalue weighted by molar-refractivity contribution is 5.88. The fourth-order valence-corrected chi connectivity index (χ4v) is 2.88. The Labute approximate surface area is 173 Å². The van der Waals surface area contributed by atoms with E-state index in [1.807, 2.05) is 0 Å². The summed E-state index contributed by atoms with van der Waals surface area (Å²) in [5.74, 6) is -0.320. The average Bonchev–Trinajstić information content (AvgIpc) is 2.74. The number of carbonyl (C=O) groups is 2. The van der Waals surface area contributed by atoms with E-state index in [1.54, 1.807) is 12.0 Å². The quantitative estimate of drug-likeness (QED) is 0.293. The molecule has 0 aromatic rings. The number of hydrogen-bond donors (Lipinski definition) is 2. The van der Waals surface area contributed by atoms with Gasteiger partial charge in [-0.25, -0.2) is 0 Å². The van der Waals surface area contributed by atoms with Crippen LogP contribution in [0.2, 0.25) is 0 Å². The van der Waals surface area contributed by atoms with E-state index in [-0.39, 0.29) is 18.4 Å². The third-order valence-electron chi connectivity index (χ3n) is 4.33. The van der Waals surface area contributed by atoms with Crippen LogP contribution >= 0.6 is 0 Å². The molecule has 1 aliphatic heterocycles. The minimum atomic E-state index is -0.453. The van der Waals surface area contributed by atoms with Gasteiger partial charge in [-0.15, -0.1) is 0 Å². The molecule has 1 aliphatic rings. The van der Waals surface area contributed by atoms with Crippen LogP contribution in [0, 0.1) is 0 Å². The highest BCUT2D eigenvalue weighted by Gasteiger charge is 2.31. The number of rotatable bonds is 17. The maximum absolute atomic E-state index is 12.5. The van der Waals surface area contributed by atoms with Crippen molar-refractivity contribution in [2.75, 3.05) is 86.2 Å². The largest absolute Gasteiger partial charge is 0.382 e. The molecule has 0 radical (unpaired) electrons. The van der Waals surface area contributed by atoms with Gasteiger partial charge in [-0.2, -0.15) is 0 Å². The van der Waals surface area contributed by atoms with Crippen LogP contribution in [-0.4, -0.2) is 109 Å². The summed E-state index contributed by atoms with van der Waals surface area (Å²) in [7, 11) is 1.61. The van der Waals surface area contributed by atoms with Gasteiger partial charge < -0.3 is 39.6 Å². The first-order chi connectivity index (χ1) is 14.2. The third kappa shape index (κ3) is 12.1. The maximum Gasteiger partial charge on any atom is 0.249 e. The molecular formula is C19H37N3O7. The number of carbonyl (C=O) groups excluding carboxylic acids is 2. The Morgan fingerprint density at radius 3 is 2.31 bits per heavy atom. The normalized spacial score (nSPS) is 16.8. The predicted octanol–water partition coefficient (Wildman–Crippen LogP) is -0.845. The van der Waals surface area contributed by atoms with E-state index in [4.69, 9.17) is 29.4 Å². The van der Waals surface area contributed by atoms with Crippen molar-refractivity contribution >= 4 is 11.8 Å². The summed E-state index contributed by atoms with van der Waals surface area (Å²) >= 11 is 0. The van der Waals surface area contributed by atoms with E-state index in [9.17, 15) is 9.59 Å². The van der Waals surface area contributed by atoms with Crippen molar-refractivity contribution in [3.8, 4) is 0 Å². The lowest BCUT2D eigenvalue weighted by molar-refractivity contribution is -0.146. The summed E-state index contributed by atoms with van der Waals surface area (Å²) in [4.78, 5) is 26.6. The van der Waals surface area contributed by atoms with Crippen LogP contribution in [-0.2, 0) is 33.3 Å². The second-order valence-electron chi connectivity index (χ2n) is 6.56. The zero-order valence-electron chi connectivity index (χ0n) is 17.6. The first kappa shape index (κ1) is 25.7. The van der Waals surface area contributed by atoms with Crippen molar-refractivity contribution in [1.82, 2.24) is 10.2 Å². The monoisotopic (exact) mass is 419 g/mol. The lowest BCUT2D eigenvalue weighted by Crippen LogP contribution is -2.53. The summed E-state index contributed by atoms with van der Waals surface area (Å²) in [6.07, 6.45) is 2.47. The molecule has 0 spiro atoms. The molecule has 1 heterocycles. The molecule has 0 aromatic heterocycles. The van der Waals surface area contributed by atoms with Crippen molar-refractivity contribution < 1.29 is 33.3 Å². The summed E-state index contributed by atoms with van der Waals surface area (Å²) in [6, 6.07) is -0.453. The number of hydrogen-bond acceptors (Lipinski definition) is 8. The third-order valence-corrected chi connectivity index (χ3v) is 4.33. The first-order valence-electron chi connectivity index (χ1n) is 10.3. The Morgan fingerprint density at radius 2 is 1.59 bits per heavy atom. The lowest BCUT2D eigenvalue weighted by atomic mass is 10.0. The molecule has 1 unspecified atom stereocenters. The van der Waals surface area contributed by atoms with Crippen LogP contribution in [0.1, 0.15) is 19.3 Å². The number of methoxy groups -OCH3 is 1. The minimum absolute atomic E-state index is 0.0523. The van der Waals surface area contributed by atoms with Gasteiger partial charge in [-0.3, -0.25) is 9.59 Å². The van der Waals surface area contributed by atoms with E-state index < -0.39 is 6.04 Å². The second kappa shape index (κ2) is 17.5. The molecule has 0 bridgehead atoms. The van der Waals surface area contributed by atoms with E-state index in [2.05, 4.69) is 5.32 Å². The number of piperidine rings is 1. The summed E-state index contributed by atoms with van der Waals surface area (Å²) in [5, 5.41) is 2.84. The first-order valence-corrected chi connectivity index (χ1v) is 10.3. The van der Waals surface area contributed by atoms with Crippen LogP contribution in [0.4, 0.5) is 0 Å². The molecule has 170 valence electrons. The molecule has 3 N–H and O–H groups in total. The molecule has 10 nitrogen and oxygen atoms in total. The molecule has 10 heteroatoms. The minimum Gasteiger partial charge on any atom is -0.382 e. The fourth-order valence-electron chi connectivity index (χ4n) is 2.88. The Hall–Kier alpha value is -1.30. The number of nitrogens with two attached hydrogens (primary N) is 1. The van der Waals surface area contributed by atoms with E-state index in [1.165, 1.54) is 0 Å². The number of amides is 2. The summed E-state index contributed by atoms with van der Waals surface area (Å²) < 4.78 is 26.1. The van der Waals surface area contributed by atoms with E-state index >= 15 is 0 Å². The van der Waals surface area contributed by atoms with Crippen LogP contribution in [0.25, 0.3) is 0 Å². The molecule has 29 heavy (non-hydrogen) atoms. The highest BCUT2D eigenvalue weighted by Crippen LogP contribution is 2.17. The zero-order valence-corrected chi connectivity index (χ0v) is 17.6. The lowest BCUT2D eigenvalue weighted by Gasteiger charge is -2.34. The Bertz CT molecular complexity index is 440. The number of likely N-dealkylation sites (tertiary alicyclic amines) is 1. The fraction of sp³-hybridized carbons (Fsp3) is 0.895. The SMILES string of the molecule is COCCOCCOCC(=O)N1CCCCC1C(=O)NCCOCCOCCN. The molecule has 0 aromatic carbocycles. The zero-order chi connectivity index (χ0) is 21.2. The molecule has 1 saturated heterocycles. The van der Waals surface area contributed by atoms with Gasteiger partial charge >= 0.3 is 0 Å². The van der Waals surface area contributed by atoms with Crippen LogP contribution in [0.3, 0.4) is 0 Å². The van der Waals surface area contributed by atoms with Gasteiger partial charge in [0.1, 0.15) is 12.6 Å². The van der Waals surface area contributed by atoms with Crippen molar-refractivity contribution in [3.05, 3.63) is 0 Å². The van der Waals surface area contributed by atoms with Gasteiger partial charge in [-0.05, 0) is 19.3 Å². The molecule has 1 rings (SSSR count). The molecule has 1 fully saturated rings. The smallest absolute Gasteiger partial charge is 0.249 e. The van der Waals surface area contributed by atoms with Crippen LogP contribution in [0.15, 0.2) is 0 Å². The molecule has 0 aliphatic carbocycles. The summed E-state index contributed by atoms with van der Waals surface area (Å²) in [5.41, 5.74) is 5.32. The average molecular weight is 420 g/mol. The van der Waals surface area contributed by atoms with Gasteiger partial charge in [-0.1, -0.05) is 0 Å². The predicted molar refractivity (Wildman–Crippen MR) is 107 cm³/mol. The van der Waals surface area contributed by atoms with Crippen molar-refractivity contribution in [1.29, 1.82) is 0 Å². The van der Waals surface area contributed by atoms with Crippen molar-refractivity contribution in [2.45, 2.75) is 25.3 Å². The molecule has 2 amide bonds. The van der Waals surface area contributed by atoms with Crippen molar-refractivity contribution in [3.63, 3.8) is 0 Å². The number of nitrogens with zero attached hydrogens (tertiary/aromatic N) is 1. The highest BCUT2D eigenvalue weighted by atomic mass is 16.5. The van der Waals surface area contributed by atoms with E-state index in [0.717, 1.165) is 12.8 Å². The summed E-state index contributed by atoms with van der Waals surface area (Å²) in [6.45, 7) is 4.98. The van der Waals surface area contributed by atoms with Crippen LogP contribution < -0.4 is 11.1 Å². The van der Waals surface area contributed by atoms with Gasteiger partial charge in [0.2, 0.25) is 11.8 Å². The second-order valence-corrected chi connectivity index (χ2v) is 6.56. The van der Waals surface area contributed by atoms with Crippen molar-refractivity contribution in [2.24, 2.45) is 5.73 Å². The maximum atomic E-state index is 12.5. The molecule has 0 saturated carbocycles. The van der Waals surface area contributed by atoms with Gasteiger partial charge in [0, 0.05) is 26.7 Å². The Kier molecular flexibility index (Phi) is 15.6. The van der Waals surface area contributed by atoms with E-state index in [0.29, 0.717) is 78.9 Å². The molecular weight excluding hydrogens is 382 g/mol. The Morgan fingerprint density at radius 1 is 0.931 bits per heavy atom. The number of ether oxygens (including phenoxy) is 5. The standard InChI is InChI=1S/C19H37N3O7/c1-25-10-11-28-14-15-29-16-18(23)22-7-3-2-4-17(22)19(24)21-6-9-27-13-12-26-8-5-20/h17H,2-16,20H2,1H3,(H,21,24). The van der Waals surface area contributed by atoms with Gasteiger partial charge in [0.05, 0.1) is 52.9 Å².